The van der Waals surface area contributed by atoms with Crippen LogP contribution in [-0.4, -0.2) is 21.6 Å². The number of nitrogens with one attached hydrogen (secondary N) is 1. The van der Waals surface area contributed by atoms with E-state index in [-0.39, 0.29) is 11.8 Å². The average Bonchev–Trinajstić information content (AvgIpc) is 2.78. The Kier molecular flexibility index (Phi) is 3.99. The molecule has 2 rings (SSSR count). The number of rotatable bonds is 4. The van der Waals surface area contributed by atoms with Crippen LogP contribution < -0.4 is 5.32 Å². The maximum atomic E-state index is 11.2. The van der Waals surface area contributed by atoms with Crippen LogP contribution in [0.3, 0.4) is 0 Å². The van der Waals surface area contributed by atoms with E-state index in [9.17, 15) is 4.79 Å². The average molecular weight is 264 g/mol. The van der Waals surface area contributed by atoms with Gasteiger partial charge in [0.05, 0.1) is 5.69 Å². The Hall–Kier alpha value is -1.81. The number of alkyl halides is 1. The Balaban J connectivity index is 2.23. The van der Waals surface area contributed by atoms with E-state index in [0.29, 0.717) is 6.54 Å². The quantitative estimate of drug-likeness (QED) is 0.857. The lowest BCUT2D eigenvalue weighted by Gasteiger charge is -2.03. The third-order valence-electron chi connectivity index (χ3n) is 2.55. The van der Waals surface area contributed by atoms with Crippen LogP contribution in [0.2, 0.25) is 0 Å². The summed E-state index contributed by atoms with van der Waals surface area (Å²) in [4.78, 5) is 11.2. The smallest absolute Gasteiger partial charge is 0.235 e. The molecule has 1 N–H and O–H groups in total. The summed E-state index contributed by atoms with van der Waals surface area (Å²) in [5.41, 5.74) is 2.89. The van der Waals surface area contributed by atoms with Crippen molar-refractivity contribution in [2.45, 2.75) is 6.54 Å². The zero-order valence-electron chi connectivity index (χ0n) is 10.1. The summed E-state index contributed by atoms with van der Waals surface area (Å²) in [5.74, 6) is -0.208. The summed E-state index contributed by atoms with van der Waals surface area (Å²) in [6, 6.07) is 9.88. The van der Waals surface area contributed by atoms with Crippen LogP contribution in [0.1, 0.15) is 5.56 Å². The number of aryl methyl sites for hydroxylation is 1. The molecule has 0 aliphatic carbocycles. The summed E-state index contributed by atoms with van der Waals surface area (Å²) < 4.78 is 1.74. The molecule has 0 radical (unpaired) electrons. The monoisotopic (exact) mass is 263 g/mol. The normalized spacial score (nSPS) is 10.3. The molecule has 1 amide bonds. The second-order valence-electron chi connectivity index (χ2n) is 3.95. The number of benzene rings is 1. The van der Waals surface area contributed by atoms with Gasteiger partial charge in [-0.1, -0.05) is 30.3 Å². The molecule has 2 aromatic rings. The van der Waals surface area contributed by atoms with E-state index in [0.717, 1.165) is 16.8 Å². The number of aromatic nitrogens is 2. The van der Waals surface area contributed by atoms with Crippen molar-refractivity contribution in [3.63, 3.8) is 0 Å². The Morgan fingerprint density at radius 2 is 2.11 bits per heavy atom. The van der Waals surface area contributed by atoms with Crippen molar-refractivity contribution in [3.8, 4) is 11.3 Å². The number of hydrogen-bond donors (Lipinski definition) is 1. The molecular weight excluding hydrogens is 250 g/mol. The zero-order chi connectivity index (χ0) is 13.0. The maximum absolute atomic E-state index is 11.2. The van der Waals surface area contributed by atoms with E-state index in [4.69, 9.17) is 11.6 Å². The number of hydrogen-bond acceptors (Lipinski definition) is 2. The molecule has 0 saturated carbocycles. The van der Waals surface area contributed by atoms with Gasteiger partial charge in [-0.05, 0) is 0 Å². The van der Waals surface area contributed by atoms with Crippen LogP contribution in [0, 0.1) is 0 Å². The zero-order valence-corrected chi connectivity index (χ0v) is 10.8. The van der Waals surface area contributed by atoms with Gasteiger partial charge in [-0.3, -0.25) is 9.48 Å². The van der Waals surface area contributed by atoms with Gasteiger partial charge in [0.2, 0.25) is 5.91 Å². The topological polar surface area (TPSA) is 46.9 Å². The minimum atomic E-state index is -0.181. The second kappa shape index (κ2) is 5.69. The molecule has 0 fully saturated rings. The number of halogens is 1. The van der Waals surface area contributed by atoms with E-state index >= 15 is 0 Å². The Morgan fingerprint density at radius 1 is 1.39 bits per heavy atom. The fourth-order valence-corrected chi connectivity index (χ4v) is 1.84. The van der Waals surface area contributed by atoms with Crippen molar-refractivity contribution in [2.75, 3.05) is 5.88 Å². The molecule has 0 saturated heterocycles. The van der Waals surface area contributed by atoms with Gasteiger partial charge >= 0.3 is 0 Å². The lowest BCUT2D eigenvalue weighted by atomic mass is 10.1. The largest absolute Gasteiger partial charge is 0.351 e. The molecule has 0 aliphatic rings. The highest BCUT2D eigenvalue weighted by Crippen LogP contribution is 2.21. The van der Waals surface area contributed by atoms with Crippen LogP contribution in [-0.2, 0) is 18.4 Å². The summed E-state index contributed by atoms with van der Waals surface area (Å²) >= 11 is 5.45. The van der Waals surface area contributed by atoms with Crippen LogP contribution in [0.4, 0.5) is 0 Å². The summed E-state index contributed by atoms with van der Waals surface area (Å²) in [6.45, 7) is 0.434. The minimum Gasteiger partial charge on any atom is -0.351 e. The van der Waals surface area contributed by atoms with Crippen molar-refractivity contribution >= 4 is 17.5 Å². The molecule has 0 spiro atoms. The molecular formula is C13H14ClN3O. The fraction of sp³-hybridized carbons (Fsp3) is 0.231. The summed E-state index contributed by atoms with van der Waals surface area (Å²) in [5, 5.41) is 7.16. The molecule has 18 heavy (non-hydrogen) atoms. The number of carbonyl (C=O) groups excluding carboxylic acids is 1. The van der Waals surface area contributed by atoms with Crippen molar-refractivity contribution in [3.05, 3.63) is 42.1 Å². The minimum absolute atomic E-state index is 0.0269. The predicted octanol–water partition coefficient (Wildman–Crippen LogP) is 1.94. The molecule has 4 nitrogen and oxygen atoms in total. The van der Waals surface area contributed by atoms with Gasteiger partial charge in [0, 0.05) is 30.9 Å². The highest BCUT2D eigenvalue weighted by atomic mass is 35.5. The molecule has 0 bridgehead atoms. The highest BCUT2D eigenvalue weighted by Gasteiger charge is 2.10. The fourth-order valence-electron chi connectivity index (χ4n) is 1.75. The second-order valence-corrected chi connectivity index (χ2v) is 4.22. The molecule has 1 aromatic heterocycles. The van der Waals surface area contributed by atoms with Crippen LogP contribution in [0.5, 0.6) is 0 Å². The first-order chi connectivity index (χ1) is 8.70. The van der Waals surface area contributed by atoms with Gasteiger partial charge in [-0.15, -0.1) is 11.6 Å². The van der Waals surface area contributed by atoms with Crippen molar-refractivity contribution in [1.82, 2.24) is 15.1 Å². The number of nitrogens with zero attached hydrogens (tertiary/aromatic N) is 2. The Morgan fingerprint density at radius 3 is 2.78 bits per heavy atom. The first-order valence-electron chi connectivity index (χ1n) is 5.61. The molecule has 0 aliphatic heterocycles. The molecule has 0 atom stereocenters. The molecule has 94 valence electrons. The lowest BCUT2D eigenvalue weighted by Crippen LogP contribution is -2.23. The van der Waals surface area contributed by atoms with Crippen LogP contribution >= 0.6 is 11.6 Å². The molecule has 5 heteroatoms. The van der Waals surface area contributed by atoms with Gasteiger partial charge in [-0.2, -0.15) is 5.10 Å². The van der Waals surface area contributed by atoms with E-state index in [1.54, 1.807) is 4.68 Å². The van der Waals surface area contributed by atoms with Crippen LogP contribution in [0.15, 0.2) is 36.5 Å². The first-order valence-corrected chi connectivity index (χ1v) is 6.14. The van der Waals surface area contributed by atoms with E-state index < -0.39 is 0 Å². The van der Waals surface area contributed by atoms with E-state index in [2.05, 4.69) is 10.4 Å². The number of carbonyl (C=O) groups is 1. The molecule has 1 heterocycles. The third kappa shape index (κ3) is 2.90. The van der Waals surface area contributed by atoms with Crippen molar-refractivity contribution in [2.24, 2.45) is 7.05 Å². The number of amides is 1. The van der Waals surface area contributed by atoms with Crippen LogP contribution in [0.25, 0.3) is 11.3 Å². The first kappa shape index (κ1) is 12.6. The Labute approximate surface area is 111 Å². The molecule has 0 unspecified atom stereocenters. The molecule has 1 aromatic carbocycles. The van der Waals surface area contributed by atoms with Crippen molar-refractivity contribution < 1.29 is 4.79 Å². The van der Waals surface area contributed by atoms with E-state index in [1.165, 1.54) is 0 Å². The summed E-state index contributed by atoms with van der Waals surface area (Å²) in [6.07, 6.45) is 1.90. The maximum Gasteiger partial charge on any atom is 0.235 e. The predicted molar refractivity (Wildman–Crippen MR) is 71.2 cm³/mol. The lowest BCUT2D eigenvalue weighted by molar-refractivity contribution is -0.118. The highest BCUT2D eigenvalue weighted by molar-refractivity contribution is 6.27. The van der Waals surface area contributed by atoms with Gasteiger partial charge in [0.1, 0.15) is 5.88 Å². The standard InChI is InChI=1S/C13H14ClN3O/c1-17-9-11(8-15-12(18)7-14)13(16-17)10-5-3-2-4-6-10/h2-6,9H,7-8H2,1H3,(H,15,18). The SMILES string of the molecule is Cn1cc(CNC(=O)CCl)c(-c2ccccc2)n1. The van der Waals surface area contributed by atoms with E-state index in [1.807, 2.05) is 43.6 Å². The summed E-state index contributed by atoms with van der Waals surface area (Å²) in [7, 11) is 1.86. The van der Waals surface area contributed by atoms with Gasteiger partial charge in [0.25, 0.3) is 0 Å². The Bertz CT molecular complexity index is 536. The van der Waals surface area contributed by atoms with Gasteiger partial charge in [-0.25, -0.2) is 0 Å². The van der Waals surface area contributed by atoms with Gasteiger partial charge < -0.3 is 5.32 Å². The third-order valence-corrected chi connectivity index (χ3v) is 2.79. The van der Waals surface area contributed by atoms with Gasteiger partial charge in [0.15, 0.2) is 0 Å². The van der Waals surface area contributed by atoms with Crippen molar-refractivity contribution in [1.29, 1.82) is 0 Å².